The monoisotopic (exact) mass is 319 g/mol. The van der Waals surface area contributed by atoms with E-state index in [1.54, 1.807) is 27.7 Å². The molecule has 2 aromatic rings. The van der Waals surface area contributed by atoms with E-state index in [4.69, 9.17) is 0 Å². The van der Waals surface area contributed by atoms with Crippen molar-refractivity contribution in [2.24, 2.45) is 7.05 Å². The second-order valence-electron chi connectivity index (χ2n) is 4.52. The first-order chi connectivity index (χ1) is 8.06. The largest absolute Gasteiger partial charge is 0.344 e. The number of aryl methyl sites for hydroxylation is 1. The predicted octanol–water partition coefficient (Wildman–Crippen LogP) is 1.55. The molecule has 0 aromatic carbocycles. The minimum absolute atomic E-state index is 0. The van der Waals surface area contributed by atoms with Gasteiger partial charge >= 0.3 is 0 Å². The first-order valence-corrected chi connectivity index (χ1v) is 5.66. The third kappa shape index (κ3) is 3.63. The van der Waals surface area contributed by atoms with Gasteiger partial charge in [-0.15, -0.1) is 6.07 Å². The van der Waals surface area contributed by atoms with Gasteiger partial charge in [0, 0.05) is 51.5 Å². The molecule has 1 radical (unpaired) electrons. The van der Waals surface area contributed by atoms with Gasteiger partial charge in [0.25, 0.3) is 0 Å². The fourth-order valence-corrected chi connectivity index (χ4v) is 1.68. The maximum absolute atomic E-state index is 11.9. The number of hydrogen-bond donors (Lipinski definition) is 0. The van der Waals surface area contributed by atoms with E-state index in [-0.39, 0.29) is 38.3 Å². The Kier molecular flexibility index (Phi) is 5.48. The number of pyridine rings is 1. The van der Waals surface area contributed by atoms with Crippen molar-refractivity contribution >= 4 is 0 Å². The molecule has 4 nitrogen and oxygen atoms in total. The van der Waals surface area contributed by atoms with Gasteiger partial charge in [0.1, 0.15) is 0 Å². The van der Waals surface area contributed by atoms with Crippen molar-refractivity contribution in [1.82, 2.24) is 14.3 Å². The van der Waals surface area contributed by atoms with Crippen LogP contribution in [0.2, 0.25) is 0 Å². The fourth-order valence-electron chi connectivity index (χ4n) is 1.68. The van der Waals surface area contributed by atoms with Crippen molar-refractivity contribution in [2.75, 3.05) is 0 Å². The second-order valence-corrected chi connectivity index (χ2v) is 4.52. The van der Waals surface area contributed by atoms with Crippen molar-refractivity contribution in [3.63, 3.8) is 0 Å². The summed E-state index contributed by atoms with van der Waals surface area (Å²) in [6, 6.07) is 4.79. The van der Waals surface area contributed by atoms with Crippen LogP contribution in [0.4, 0.5) is 0 Å². The number of rotatable bonds is 3. The summed E-state index contributed by atoms with van der Waals surface area (Å²) in [6.45, 7) is 4.65. The van der Waals surface area contributed by atoms with Gasteiger partial charge in [-0.3, -0.25) is 9.48 Å². The van der Waals surface area contributed by atoms with E-state index < -0.39 is 0 Å². The van der Waals surface area contributed by atoms with Crippen LogP contribution in [-0.2, 0) is 46.3 Å². The summed E-state index contributed by atoms with van der Waals surface area (Å²) in [5, 5.41) is 4.08. The van der Waals surface area contributed by atoms with Gasteiger partial charge < -0.3 is 4.57 Å². The molecule has 0 atom stereocenters. The van der Waals surface area contributed by atoms with E-state index in [1.165, 1.54) is 0 Å². The molecular formula is C13H16N3OY-. The van der Waals surface area contributed by atoms with Gasteiger partial charge in [0.15, 0.2) is 5.56 Å². The van der Waals surface area contributed by atoms with E-state index in [0.717, 1.165) is 11.1 Å². The zero-order valence-electron chi connectivity index (χ0n) is 10.9. The fraction of sp³-hybridized carbons (Fsp3) is 0.385. The Hall–Kier alpha value is -0.736. The van der Waals surface area contributed by atoms with Crippen LogP contribution in [0.1, 0.15) is 30.9 Å². The summed E-state index contributed by atoms with van der Waals surface area (Å²) in [5.41, 5.74) is 1.98. The first kappa shape index (κ1) is 15.3. The van der Waals surface area contributed by atoms with Crippen LogP contribution in [-0.4, -0.2) is 14.3 Å². The average Bonchev–Trinajstić information content (AvgIpc) is 2.67. The van der Waals surface area contributed by atoms with Crippen LogP contribution in [0.15, 0.2) is 29.5 Å². The Morgan fingerprint density at radius 3 is 2.67 bits per heavy atom. The van der Waals surface area contributed by atoms with Crippen LogP contribution in [0.25, 0.3) is 0 Å². The molecule has 2 aromatic heterocycles. The molecule has 0 spiro atoms. The van der Waals surface area contributed by atoms with Crippen LogP contribution < -0.4 is 5.56 Å². The maximum atomic E-state index is 11.9. The molecule has 0 N–H and O–H groups in total. The molecule has 0 aliphatic rings. The molecule has 0 unspecified atom stereocenters. The van der Waals surface area contributed by atoms with Crippen LogP contribution in [0.3, 0.4) is 0 Å². The molecule has 18 heavy (non-hydrogen) atoms. The molecule has 0 saturated heterocycles. The number of hydrogen-bond acceptors (Lipinski definition) is 2. The Morgan fingerprint density at radius 2 is 2.17 bits per heavy atom. The molecular weight excluding hydrogens is 303 g/mol. The molecule has 2 heterocycles. The third-order valence-corrected chi connectivity index (χ3v) is 2.68. The van der Waals surface area contributed by atoms with Crippen molar-refractivity contribution in [2.45, 2.75) is 26.3 Å². The number of nitrogens with zero attached hydrogens (tertiary/aromatic N) is 3. The van der Waals surface area contributed by atoms with Gasteiger partial charge in [0.2, 0.25) is 0 Å². The SMILES string of the molecule is CC(C)c1[c-]cn(Cc2cnn(C)c2)c(=O)c1.[Y]. The van der Waals surface area contributed by atoms with Gasteiger partial charge in [-0.25, -0.2) is 11.6 Å². The summed E-state index contributed by atoms with van der Waals surface area (Å²) >= 11 is 0. The molecule has 0 fully saturated rings. The second kappa shape index (κ2) is 6.44. The number of aromatic nitrogens is 3. The molecule has 0 saturated carbocycles. The predicted molar refractivity (Wildman–Crippen MR) is 65.9 cm³/mol. The van der Waals surface area contributed by atoms with Crippen molar-refractivity contribution < 1.29 is 32.7 Å². The smallest absolute Gasteiger partial charge is 0.168 e. The Labute approximate surface area is 132 Å². The van der Waals surface area contributed by atoms with Gasteiger partial charge in [-0.2, -0.15) is 5.10 Å². The molecule has 5 heteroatoms. The average molecular weight is 319 g/mol. The van der Waals surface area contributed by atoms with E-state index in [2.05, 4.69) is 25.0 Å². The van der Waals surface area contributed by atoms with Crippen molar-refractivity contribution in [3.05, 3.63) is 52.2 Å². The molecule has 0 bridgehead atoms. The third-order valence-electron chi connectivity index (χ3n) is 2.68. The molecule has 93 valence electrons. The molecule has 0 aliphatic carbocycles. The van der Waals surface area contributed by atoms with Crippen molar-refractivity contribution in [3.8, 4) is 0 Å². The van der Waals surface area contributed by atoms with Gasteiger partial charge in [-0.1, -0.05) is 26.0 Å². The first-order valence-electron chi connectivity index (χ1n) is 5.66. The summed E-state index contributed by atoms with van der Waals surface area (Å²) in [4.78, 5) is 11.9. The zero-order chi connectivity index (χ0) is 12.4. The summed E-state index contributed by atoms with van der Waals surface area (Å²) in [6.07, 6.45) is 5.40. The Morgan fingerprint density at radius 1 is 1.44 bits per heavy atom. The zero-order valence-corrected chi connectivity index (χ0v) is 13.8. The Bertz CT molecular complexity index is 572. The molecule has 0 aliphatic heterocycles. The topological polar surface area (TPSA) is 39.8 Å². The Balaban J connectivity index is 0.00000162. The van der Waals surface area contributed by atoms with Crippen molar-refractivity contribution in [1.29, 1.82) is 0 Å². The quantitative estimate of drug-likeness (QED) is 0.806. The van der Waals surface area contributed by atoms with Crippen LogP contribution in [0, 0.1) is 6.07 Å². The van der Waals surface area contributed by atoms with Gasteiger partial charge in [0.05, 0.1) is 12.7 Å². The summed E-state index contributed by atoms with van der Waals surface area (Å²) in [7, 11) is 1.86. The normalized spacial score (nSPS) is 10.4. The standard InChI is InChI=1S/C13H16N3O.Y/c1-10(2)12-4-5-16(13(17)6-12)9-11-7-14-15(3)8-11;/h5-8,10H,9H2,1-3H3;/q-1;. The van der Waals surface area contributed by atoms with E-state index in [9.17, 15) is 4.79 Å². The van der Waals surface area contributed by atoms with E-state index in [0.29, 0.717) is 12.5 Å². The van der Waals surface area contributed by atoms with Crippen LogP contribution in [0.5, 0.6) is 0 Å². The molecule has 0 amide bonds. The molecule has 2 rings (SSSR count). The summed E-state index contributed by atoms with van der Waals surface area (Å²) < 4.78 is 3.37. The minimum Gasteiger partial charge on any atom is -0.344 e. The van der Waals surface area contributed by atoms with Gasteiger partial charge in [-0.05, 0) is 0 Å². The summed E-state index contributed by atoms with van der Waals surface area (Å²) in [5.74, 6) is 0.329. The minimum atomic E-state index is 0. The maximum Gasteiger partial charge on any atom is 0.168 e. The van der Waals surface area contributed by atoms with E-state index >= 15 is 0 Å². The van der Waals surface area contributed by atoms with E-state index in [1.807, 2.05) is 13.2 Å². The van der Waals surface area contributed by atoms with Crippen LogP contribution >= 0.6 is 0 Å².